The van der Waals surface area contributed by atoms with Crippen LogP contribution in [0.2, 0.25) is 0 Å². The van der Waals surface area contributed by atoms with Crippen molar-refractivity contribution in [2.45, 2.75) is 38.5 Å². The normalized spacial score (nSPS) is 24.5. The molecular formula is C17H23N3O3. The number of rotatable bonds is 3. The first kappa shape index (κ1) is 15.6. The highest BCUT2D eigenvalue weighted by Crippen LogP contribution is 2.20. The lowest BCUT2D eigenvalue weighted by Crippen LogP contribution is -2.50. The van der Waals surface area contributed by atoms with Gasteiger partial charge in [0.1, 0.15) is 6.61 Å². The smallest absolute Gasteiger partial charge is 0.410 e. The fraction of sp³-hybridized carbons (Fsp3) is 0.529. The van der Waals surface area contributed by atoms with Crippen molar-refractivity contribution < 1.29 is 14.3 Å². The third-order valence-electron chi connectivity index (χ3n) is 4.40. The van der Waals surface area contributed by atoms with Crippen molar-refractivity contribution in [1.82, 2.24) is 15.1 Å². The van der Waals surface area contributed by atoms with E-state index in [9.17, 15) is 9.59 Å². The predicted molar refractivity (Wildman–Crippen MR) is 85.9 cm³/mol. The average Bonchev–Trinajstić information content (AvgIpc) is 2.92. The van der Waals surface area contributed by atoms with Gasteiger partial charge in [-0.1, -0.05) is 30.3 Å². The van der Waals surface area contributed by atoms with Crippen LogP contribution < -0.4 is 5.32 Å². The van der Waals surface area contributed by atoms with E-state index in [0.29, 0.717) is 19.6 Å². The summed E-state index contributed by atoms with van der Waals surface area (Å²) in [5.74, 6) is 0. The lowest BCUT2D eigenvalue weighted by molar-refractivity contribution is 0.0709. The summed E-state index contributed by atoms with van der Waals surface area (Å²) in [6.07, 6.45) is 1.53. The van der Waals surface area contributed by atoms with Gasteiger partial charge in [-0.3, -0.25) is 0 Å². The fourth-order valence-corrected chi connectivity index (χ4v) is 3.22. The van der Waals surface area contributed by atoms with Crippen LogP contribution in [0.25, 0.3) is 0 Å². The Kier molecular flexibility index (Phi) is 4.69. The SMILES string of the molecule is CC1CN([C@H]2CCCN(C(=O)OCc3ccccc3)C2)C(=O)N1. The second-order valence-electron chi connectivity index (χ2n) is 6.29. The lowest BCUT2D eigenvalue weighted by atomic mass is 10.0. The van der Waals surface area contributed by atoms with Crippen LogP contribution in [0.4, 0.5) is 9.59 Å². The second-order valence-corrected chi connectivity index (χ2v) is 6.29. The van der Waals surface area contributed by atoms with E-state index in [1.165, 1.54) is 0 Å². The van der Waals surface area contributed by atoms with Gasteiger partial charge in [0.25, 0.3) is 0 Å². The molecule has 2 aliphatic heterocycles. The molecule has 0 radical (unpaired) electrons. The highest BCUT2D eigenvalue weighted by Gasteiger charge is 2.35. The van der Waals surface area contributed by atoms with Crippen molar-refractivity contribution in [1.29, 1.82) is 0 Å². The summed E-state index contributed by atoms with van der Waals surface area (Å²) in [5, 5.41) is 2.91. The van der Waals surface area contributed by atoms with Gasteiger partial charge in [0.15, 0.2) is 0 Å². The van der Waals surface area contributed by atoms with Crippen molar-refractivity contribution in [3.05, 3.63) is 35.9 Å². The van der Waals surface area contributed by atoms with E-state index >= 15 is 0 Å². The molecule has 2 saturated heterocycles. The maximum atomic E-state index is 12.3. The number of likely N-dealkylation sites (tertiary alicyclic amines) is 1. The van der Waals surface area contributed by atoms with Gasteiger partial charge in [-0.15, -0.1) is 0 Å². The van der Waals surface area contributed by atoms with Crippen molar-refractivity contribution in [3.8, 4) is 0 Å². The van der Waals surface area contributed by atoms with Crippen LogP contribution in [-0.2, 0) is 11.3 Å². The van der Waals surface area contributed by atoms with Crippen LogP contribution in [0.5, 0.6) is 0 Å². The summed E-state index contributed by atoms with van der Waals surface area (Å²) in [5.41, 5.74) is 0.974. The van der Waals surface area contributed by atoms with Gasteiger partial charge in [0.05, 0.1) is 6.04 Å². The van der Waals surface area contributed by atoms with Gasteiger partial charge in [-0.25, -0.2) is 9.59 Å². The van der Waals surface area contributed by atoms with Crippen molar-refractivity contribution in [2.75, 3.05) is 19.6 Å². The van der Waals surface area contributed by atoms with Crippen LogP contribution in [0.1, 0.15) is 25.3 Å². The number of carbonyl (C=O) groups excluding carboxylic acids is 2. The van der Waals surface area contributed by atoms with Gasteiger partial charge in [-0.2, -0.15) is 0 Å². The van der Waals surface area contributed by atoms with E-state index in [1.807, 2.05) is 42.2 Å². The maximum Gasteiger partial charge on any atom is 0.410 e. The summed E-state index contributed by atoms with van der Waals surface area (Å²) in [6, 6.07) is 9.87. The number of urea groups is 1. The Morgan fingerprint density at radius 1 is 1.30 bits per heavy atom. The number of carbonyl (C=O) groups is 2. The summed E-state index contributed by atoms with van der Waals surface area (Å²) in [6.45, 7) is 4.22. The molecule has 124 valence electrons. The van der Waals surface area contributed by atoms with Gasteiger partial charge in [0.2, 0.25) is 0 Å². The Bertz CT molecular complexity index is 563. The van der Waals surface area contributed by atoms with E-state index in [1.54, 1.807) is 4.90 Å². The highest BCUT2D eigenvalue weighted by atomic mass is 16.6. The highest BCUT2D eigenvalue weighted by molar-refractivity contribution is 5.77. The number of ether oxygens (including phenoxy) is 1. The molecule has 1 aromatic rings. The third kappa shape index (κ3) is 3.75. The van der Waals surface area contributed by atoms with Crippen LogP contribution >= 0.6 is 0 Å². The zero-order chi connectivity index (χ0) is 16.2. The zero-order valence-electron chi connectivity index (χ0n) is 13.4. The molecule has 2 fully saturated rings. The summed E-state index contributed by atoms with van der Waals surface area (Å²) < 4.78 is 5.39. The predicted octanol–water partition coefficient (Wildman–Crippen LogP) is 2.20. The maximum absolute atomic E-state index is 12.3. The van der Waals surface area contributed by atoms with E-state index in [0.717, 1.165) is 18.4 Å². The first-order valence-corrected chi connectivity index (χ1v) is 8.16. The number of piperidine rings is 1. The minimum atomic E-state index is -0.300. The minimum Gasteiger partial charge on any atom is -0.445 e. The van der Waals surface area contributed by atoms with Crippen LogP contribution in [0, 0.1) is 0 Å². The van der Waals surface area contributed by atoms with Gasteiger partial charge in [-0.05, 0) is 25.3 Å². The monoisotopic (exact) mass is 317 g/mol. The summed E-state index contributed by atoms with van der Waals surface area (Å²) >= 11 is 0. The van der Waals surface area contributed by atoms with Crippen molar-refractivity contribution in [3.63, 3.8) is 0 Å². The van der Waals surface area contributed by atoms with E-state index in [-0.39, 0.29) is 30.8 Å². The molecule has 0 aromatic heterocycles. The molecule has 0 saturated carbocycles. The van der Waals surface area contributed by atoms with Crippen LogP contribution in [-0.4, -0.2) is 53.6 Å². The molecule has 2 aliphatic rings. The molecule has 6 heteroatoms. The van der Waals surface area contributed by atoms with E-state index < -0.39 is 0 Å². The minimum absolute atomic E-state index is 0.0259. The molecule has 2 heterocycles. The number of hydrogen-bond donors (Lipinski definition) is 1. The summed E-state index contributed by atoms with van der Waals surface area (Å²) in [7, 11) is 0. The molecule has 3 amide bonds. The van der Waals surface area contributed by atoms with Gasteiger partial charge < -0.3 is 19.9 Å². The number of nitrogens with zero attached hydrogens (tertiary/aromatic N) is 2. The number of hydrogen-bond acceptors (Lipinski definition) is 3. The molecule has 1 N–H and O–H groups in total. The lowest BCUT2D eigenvalue weighted by Gasteiger charge is -2.36. The topological polar surface area (TPSA) is 61.9 Å². The van der Waals surface area contributed by atoms with Crippen molar-refractivity contribution >= 4 is 12.1 Å². The zero-order valence-corrected chi connectivity index (χ0v) is 13.4. The Morgan fingerprint density at radius 3 is 2.78 bits per heavy atom. The van der Waals surface area contributed by atoms with Gasteiger partial charge >= 0.3 is 12.1 Å². The molecule has 6 nitrogen and oxygen atoms in total. The largest absolute Gasteiger partial charge is 0.445 e. The molecule has 23 heavy (non-hydrogen) atoms. The molecule has 2 atom stereocenters. The molecule has 0 spiro atoms. The van der Waals surface area contributed by atoms with Crippen LogP contribution in [0.15, 0.2) is 30.3 Å². The first-order chi connectivity index (χ1) is 11.1. The summed E-state index contributed by atoms with van der Waals surface area (Å²) in [4.78, 5) is 27.8. The Balaban J connectivity index is 1.53. The number of benzene rings is 1. The Labute approximate surface area is 136 Å². The molecule has 3 rings (SSSR count). The van der Waals surface area contributed by atoms with E-state index in [4.69, 9.17) is 4.74 Å². The molecule has 0 bridgehead atoms. The Hall–Kier alpha value is -2.24. The molecular weight excluding hydrogens is 294 g/mol. The van der Waals surface area contributed by atoms with Gasteiger partial charge in [0, 0.05) is 25.7 Å². The Morgan fingerprint density at radius 2 is 2.09 bits per heavy atom. The van der Waals surface area contributed by atoms with Crippen LogP contribution in [0.3, 0.4) is 0 Å². The molecule has 0 aliphatic carbocycles. The second kappa shape index (κ2) is 6.89. The standard InChI is InChI=1S/C17H23N3O3/c1-13-10-20(16(21)18-13)15-8-5-9-19(11-15)17(22)23-12-14-6-3-2-4-7-14/h2-4,6-7,13,15H,5,8-12H2,1H3,(H,18,21)/t13?,15-/m0/s1. The molecule has 1 aromatic carbocycles. The number of amides is 3. The number of nitrogens with one attached hydrogen (secondary N) is 1. The fourth-order valence-electron chi connectivity index (χ4n) is 3.22. The quantitative estimate of drug-likeness (QED) is 0.929. The third-order valence-corrected chi connectivity index (χ3v) is 4.40. The average molecular weight is 317 g/mol. The van der Waals surface area contributed by atoms with Crippen molar-refractivity contribution in [2.24, 2.45) is 0 Å². The van der Waals surface area contributed by atoms with E-state index in [2.05, 4.69) is 5.32 Å². The molecule has 1 unspecified atom stereocenters. The first-order valence-electron chi connectivity index (χ1n) is 8.16.